The van der Waals surface area contributed by atoms with Crippen molar-refractivity contribution in [2.75, 3.05) is 0 Å². The molecule has 0 radical (unpaired) electrons. The summed E-state index contributed by atoms with van der Waals surface area (Å²) in [6.45, 7) is 5.49. The Hall–Kier alpha value is -1.10. The van der Waals surface area contributed by atoms with Crippen LogP contribution in [0.3, 0.4) is 0 Å². The van der Waals surface area contributed by atoms with Gasteiger partial charge in [0.1, 0.15) is 0 Å². The second-order valence-corrected chi connectivity index (χ2v) is 4.34. The quantitative estimate of drug-likeness (QED) is 0.522. The van der Waals surface area contributed by atoms with Crippen molar-refractivity contribution in [1.82, 2.24) is 5.48 Å². The summed E-state index contributed by atoms with van der Waals surface area (Å²) in [6, 6.07) is 0. The van der Waals surface area contributed by atoms with E-state index >= 15 is 0 Å². The Balaban J connectivity index is 3.46. The fourth-order valence-electron chi connectivity index (χ4n) is 0.823. The summed E-state index contributed by atoms with van der Waals surface area (Å²) in [4.78, 5) is 26.4. The lowest BCUT2D eigenvalue weighted by Crippen LogP contribution is -2.33. The Morgan fingerprint density at radius 2 is 1.73 bits per heavy atom. The molecule has 0 rings (SSSR count). The molecule has 0 bridgehead atoms. The largest absolute Gasteiger partial charge is 0.481 e. The van der Waals surface area contributed by atoms with Crippen molar-refractivity contribution in [2.24, 2.45) is 0 Å². The van der Waals surface area contributed by atoms with Crippen LogP contribution >= 0.6 is 0 Å². The van der Waals surface area contributed by atoms with Crippen molar-refractivity contribution >= 4 is 11.9 Å². The van der Waals surface area contributed by atoms with Gasteiger partial charge in [-0.05, 0) is 33.6 Å². The molecule has 2 N–H and O–H groups in total. The van der Waals surface area contributed by atoms with Crippen LogP contribution in [-0.4, -0.2) is 22.6 Å². The number of nitrogens with one attached hydrogen (secondary N) is 1. The molecule has 0 aromatic rings. The first-order valence-electron chi connectivity index (χ1n) is 5.00. The third-order valence-corrected chi connectivity index (χ3v) is 1.52. The number of rotatable bonds is 6. The molecule has 1 amide bonds. The van der Waals surface area contributed by atoms with Crippen LogP contribution in [0.2, 0.25) is 0 Å². The number of carbonyl (C=O) groups excluding carboxylic acids is 1. The fourth-order valence-corrected chi connectivity index (χ4v) is 0.823. The van der Waals surface area contributed by atoms with Crippen molar-refractivity contribution in [3.8, 4) is 0 Å². The van der Waals surface area contributed by atoms with E-state index in [0.717, 1.165) is 0 Å². The number of amides is 1. The van der Waals surface area contributed by atoms with E-state index in [1.54, 1.807) is 0 Å². The van der Waals surface area contributed by atoms with Crippen LogP contribution in [0.15, 0.2) is 0 Å². The topological polar surface area (TPSA) is 75.6 Å². The summed E-state index contributed by atoms with van der Waals surface area (Å²) in [5, 5.41) is 8.36. The van der Waals surface area contributed by atoms with E-state index in [1.165, 1.54) is 0 Å². The van der Waals surface area contributed by atoms with Gasteiger partial charge >= 0.3 is 5.97 Å². The summed E-state index contributed by atoms with van der Waals surface area (Å²) < 4.78 is 0. The van der Waals surface area contributed by atoms with Crippen molar-refractivity contribution in [2.45, 2.75) is 52.1 Å². The average molecular weight is 217 g/mol. The zero-order valence-electron chi connectivity index (χ0n) is 9.50. The summed E-state index contributed by atoms with van der Waals surface area (Å²) in [6.07, 6.45) is 1.47. The summed E-state index contributed by atoms with van der Waals surface area (Å²) in [5.74, 6) is -1.04. The standard InChI is InChI=1S/C10H19NO4/c1-10(2,3)15-11-8(12)6-4-5-7-9(13)14/h4-7H2,1-3H3,(H,11,12)(H,13,14). The number of hydrogen-bond acceptors (Lipinski definition) is 3. The number of carbonyl (C=O) groups is 2. The Labute approximate surface area is 89.8 Å². The van der Waals surface area contributed by atoms with E-state index in [9.17, 15) is 9.59 Å². The van der Waals surface area contributed by atoms with E-state index in [-0.39, 0.29) is 12.3 Å². The average Bonchev–Trinajstić information content (AvgIpc) is 2.07. The van der Waals surface area contributed by atoms with Crippen LogP contribution in [0, 0.1) is 0 Å². The smallest absolute Gasteiger partial charge is 0.303 e. The van der Waals surface area contributed by atoms with Crippen molar-refractivity contribution in [1.29, 1.82) is 0 Å². The van der Waals surface area contributed by atoms with Gasteiger partial charge in [0.2, 0.25) is 5.91 Å². The molecule has 0 saturated heterocycles. The van der Waals surface area contributed by atoms with Crippen LogP contribution in [0.25, 0.3) is 0 Å². The first kappa shape index (κ1) is 13.9. The zero-order valence-corrected chi connectivity index (χ0v) is 9.50. The minimum Gasteiger partial charge on any atom is -0.481 e. The van der Waals surface area contributed by atoms with Crippen molar-refractivity contribution in [3.63, 3.8) is 0 Å². The van der Waals surface area contributed by atoms with Gasteiger partial charge in [0.15, 0.2) is 0 Å². The molecule has 0 aromatic carbocycles. The highest BCUT2D eigenvalue weighted by Gasteiger charge is 2.12. The highest BCUT2D eigenvalue weighted by Crippen LogP contribution is 2.05. The molecule has 0 heterocycles. The number of carboxylic acids is 1. The molecule has 88 valence electrons. The Kier molecular flexibility index (Phi) is 5.93. The monoisotopic (exact) mass is 217 g/mol. The molecule has 5 heteroatoms. The minimum atomic E-state index is -0.832. The van der Waals surface area contributed by atoms with E-state index in [4.69, 9.17) is 9.94 Å². The van der Waals surface area contributed by atoms with Gasteiger partial charge in [0, 0.05) is 12.8 Å². The lowest BCUT2D eigenvalue weighted by atomic mass is 10.2. The van der Waals surface area contributed by atoms with Gasteiger partial charge in [-0.2, -0.15) is 0 Å². The summed E-state index contributed by atoms with van der Waals surface area (Å²) in [7, 11) is 0. The lowest BCUT2D eigenvalue weighted by molar-refractivity contribution is -0.146. The molecule has 15 heavy (non-hydrogen) atoms. The van der Waals surface area contributed by atoms with Crippen LogP contribution in [0.4, 0.5) is 0 Å². The van der Waals surface area contributed by atoms with Gasteiger partial charge < -0.3 is 5.11 Å². The van der Waals surface area contributed by atoms with E-state index in [1.807, 2.05) is 20.8 Å². The molecule has 0 saturated carbocycles. The van der Waals surface area contributed by atoms with Gasteiger partial charge in [-0.1, -0.05) is 0 Å². The minimum absolute atomic E-state index is 0.105. The Morgan fingerprint density at radius 3 is 2.20 bits per heavy atom. The number of carboxylic acid groups (broad SMARTS) is 1. The molecule has 0 aliphatic heterocycles. The molecular formula is C10H19NO4. The molecule has 0 fully saturated rings. The molecule has 0 aliphatic carbocycles. The fraction of sp³-hybridized carbons (Fsp3) is 0.800. The third-order valence-electron chi connectivity index (χ3n) is 1.52. The third kappa shape index (κ3) is 10.8. The molecule has 0 unspecified atom stereocenters. The van der Waals surface area contributed by atoms with Crippen LogP contribution in [0.5, 0.6) is 0 Å². The maximum absolute atomic E-state index is 11.2. The first-order valence-corrected chi connectivity index (χ1v) is 5.00. The SMILES string of the molecule is CC(C)(C)ONC(=O)CCCCC(=O)O. The normalized spacial score (nSPS) is 11.1. The van der Waals surface area contributed by atoms with Crippen LogP contribution in [0.1, 0.15) is 46.5 Å². The van der Waals surface area contributed by atoms with Crippen LogP contribution < -0.4 is 5.48 Å². The number of aliphatic carboxylic acids is 1. The second-order valence-electron chi connectivity index (χ2n) is 4.34. The first-order chi connectivity index (χ1) is 6.81. The van der Waals surface area contributed by atoms with Gasteiger partial charge in [0.05, 0.1) is 5.60 Å². The highest BCUT2D eigenvalue weighted by atomic mass is 16.7. The summed E-state index contributed by atoms with van der Waals surface area (Å²) >= 11 is 0. The predicted molar refractivity (Wildman–Crippen MR) is 55.1 cm³/mol. The predicted octanol–water partition coefficient (Wildman–Crippen LogP) is 1.48. The molecular weight excluding hydrogens is 198 g/mol. The lowest BCUT2D eigenvalue weighted by Gasteiger charge is -2.18. The molecule has 0 aliphatic rings. The van der Waals surface area contributed by atoms with Gasteiger partial charge in [-0.15, -0.1) is 0 Å². The van der Waals surface area contributed by atoms with Gasteiger partial charge in [-0.3, -0.25) is 14.4 Å². The van der Waals surface area contributed by atoms with E-state index in [2.05, 4.69) is 5.48 Å². The molecule has 0 atom stereocenters. The second kappa shape index (κ2) is 6.40. The molecule has 5 nitrogen and oxygen atoms in total. The molecule has 0 spiro atoms. The van der Waals surface area contributed by atoms with Crippen molar-refractivity contribution < 1.29 is 19.5 Å². The van der Waals surface area contributed by atoms with Gasteiger partial charge in [0.25, 0.3) is 0 Å². The Morgan fingerprint density at radius 1 is 1.20 bits per heavy atom. The van der Waals surface area contributed by atoms with Crippen molar-refractivity contribution in [3.05, 3.63) is 0 Å². The van der Waals surface area contributed by atoms with Crippen LogP contribution in [-0.2, 0) is 14.4 Å². The number of hydroxylamine groups is 1. The van der Waals surface area contributed by atoms with E-state index < -0.39 is 11.6 Å². The number of hydrogen-bond donors (Lipinski definition) is 2. The maximum atomic E-state index is 11.2. The Bertz CT molecular complexity index is 220. The van der Waals surface area contributed by atoms with E-state index in [0.29, 0.717) is 19.3 Å². The molecule has 0 aromatic heterocycles. The van der Waals surface area contributed by atoms with Gasteiger partial charge in [-0.25, -0.2) is 5.48 Å². The highest BCUT2D eigenvalue weighted by molar-refractivity contribution is 5.74. The number of unbranched alkanes of at least 4 members (excludes halogenated alkanes) is 1. The summed E-state index contributed by atoms with van der Waals surface area (Å²) in [5.41, 5.74) is 1.92. The zero-order chi connectivity index (χ0) is 11.9. The maximum Gasteiger partial charge on any atom is 0.303 e.